The molecule has 17 heavy (non-hydrogen) atoms. The summed E-state index contributed by atoms with van der Waals surface area (Å²) in [7, 11) is 0. The number of anilines is 1. The van der Waals surface area contributed by atoms with E-state index < -0.39 is 0 Å². The molecule has 1 fully saturated rings. The van der Waals surface area contributed by atoms with Gasteiger partial charge in [-0.2, -0.15) is 0 Å². The van der Waals surface area contributed by atoms with E-state index in [4.69, 9.17) is 17.3 Å². The molecule has 0 spiro atoms. The zero-order valence-electron chi connectivity index (χ0n) is 9.74. The topological polar surface area (TPSA) is 68.0 Å². The molecule has 2 rings (SSSR count). The van der Waals surface area contributed by atoms with Crippen molar-refractivity contribution < 1.29 is 4.79 Å². The van der Waals surface area contributed by atoms with Crippen molar-refractivity contribution in [3.05, 3.63) is 22.8 Å². The minimum Gasteiger partial charge on any atom is -0.384 e. The summed E-state index contributed by atoms with van der Waals surface area (Å²) in [5.41, 5.74) is 6.03. The van der Waals surface area contributed by atoms with Gasteiger partial charge in [0.2, 0.25) is 0 Å². The number of halogens is 1. The Morgan fingerprint density at radius 2 is 2.29 bits per heavy atom. The fraction of sp³-hybridized carbons (Fsp3) is 0.500. The average molecular weight is 254 g/mol. The SMILES string of the molecule is CC1CCC(NC(=O)c2cc(N)nc(Cl)c2)C1. The molecule has 1 saturated carbocycles. The number of hydrogen-bond donors (Lipinski definition) is 2. The number of nitrogens with one attached hydrogen (secondary N) is 1. The monoisotopic (exact) mass is 253 g/mol. The Kier molecular flexibility index (Phi) is 3.52. The van der Waals surface area contributed by atoms with E-state index >= 15 is 0 Å². The van der Waals surface area contributed by atoms with Crippen LogP contribution in [0.3, 0.4) is 0 Å². The maximum atomic E-state index is 12.0. The zero-order valence-corrected chi connectivity index (χ0v) is 10.5. The Balaban J connectivity index is 2.04. The highest BCUT2D eigenvalue weighted by Gasteiger charge is 2.23. The van der Waals surface area contributed by atoms with Crippen LogP contribution in [0, 0.1) is 5.92 Å². The molecule has 1 heterocycles. The maximum absolute atomic E-state index is 12.0. The highest BCUT2D eigenvalue weighted by atomic mass is 35.5. The van der Waals surface area contributed by atoms with Crippen molar-refractivity contribution in [2.24, 2.45) is 5.92 Å². The Hall–Kier alpha value is -1.29. The first kappa shape index (κ1) is 12.2. The van der Waals surface area contributed by atoms with Crippen LogP contribution < -0.4 is 11.1 Å². The highest BCUT2D eigenvalue weighted by Crippen LogP contribution is 2.25. The molecule has 1 amide bonds. The summed E-state index contributed by atoms with van der Waals surface area (Å²) in [5.74, 6) is 0.828. The second kappa shape index (κ2) is 4.92. The van der Waals surface area contributed by atoms with E-state index in [2.05, 4.69) is 17.2 Å². The minimum atomic E-state index is -0.125. The van der Waals surface area contributed by atoms with E-state index in [1.807, 2.05) is 0 Å². The molecule has 0 bridgehead atoms. The third-order valence-electron chi connectivity index (χ3n) is 3.11. The number of pyridine rings is 1. The molecule has 5 heteroatoms. The van der Waals surface area contributed by atoms with Crippen LogP contribution in [0.4, 0.5) is 5.82 Å². The van der Waals surface area contributed by atoms with Gasteiger partial charge in [0.25, 0.3) is 5.91 Å². The number of hydrogen-bond acceptors (Lipinski definition) is 3. The third kappa shape index (κ3) is 3.09. The lowest BCUT2D eigenvalue weighted by Crippen LogP contribution is -2.33. The predicted octanol–water partition coefficient (Wildman–Crippen LogP) is 2.24. The van der Waals surface area contributed by atoms with Crippen molar-refractivity contribution >= 4 is 23.3 Å². The van der Waals surface area contributed by atoms with E-state index in [9.17, 15) is 4.79 Å². The molecule has 0 aromatic carbocycles. The number of nitrogens with zero attached hydrogens (tertiary/aromatic N) is 1. The molecule has 4 nitrogen and oxygen atoms in total. The van der Waals surface area contributed by atoms with Gasteiger partial charge in [0.15, 0.2) is 0 Å². The molecule has 0 saturated heterocycles. The first-order valence-electron chi connectivity index (χ1n) is 5.78. The molecule has 1 aromatic heterocycles. The van der Waals surface area contributed by atoms with Crippen LogP contribution in [0.25, 0.3) is 0 Å². The van der Waals surface area contributed by atoms with Gasteiger partial charge in [-0.05, 0) is 37.3 Å². The van der Waals surface area contributed by atoms with E-state index in [-0.39, 0.29) is 22.9 Å². The van der Waals surface area contributed by atoms with Gasteiger partial charge in [0.05, 0.1) is 0 Å². The lowest BCUT2D eigenvalue weighted by molar-refractivity contribution is 0.0937. The Labute approximate surface area is 106 Å². The summed E-state index contributed by atoms with van der Waals surface area (Å²) >= 11 is 5.76. The van der Waals surface area contributed by atoms with Crippen molar-refractivity contribution in [3.63, 3.8) is 0 Å². The van der Waals surface area contributed by atoms with Gasteiger partial charge in [-0.25, -0.2) is 4.98 Å². The van der Waals surface area contributed by atoms with Crippen LogP contribution in [-0.4, -0.2) is 16.9 Å². The van der Waals surface area contributed by atoms with E-state index in [1.165, 1.54) is 12.5 Å². The molecule has 2 atom stereocenters. The highest BCUT2D eigenvalue weighted by molar-refractivity contribution is 6.29. The molecule has 3 N–H and O–H groups in total. The van der Waals surface area contributed by atoms with Gasteiger partial charge in [-0.3, -0.25) is 4.79 Å². The molecule has 1 aliphatic rings. The molecular formula is C12H16ClN3O. The number of carbonyl (C=O) groups is 1. The molecular weight excluding hydrogens is 238 g/mol. The fourth-order valence-corrected chi connectivity index (χ4v) is 2.47. The molecule has 0 radical (unpaired) electrons. The van der Waals surface area contributed by atoms with Crippen LogP contribution >= 0.6 is 11.6 Å². The Bertz CT molecular complexity index is 416. The number of carbonyl (C=O) groups excluding carboxylic acids is 1. The van der Waals surface area contributed by atoms with Crippen LogP contribution in [-0.2, 0) is 0 Å². The molecule has 1 aliphatic carbocycles. The number of amides is 1. The van der Waals surface area contributed by atoms with Gasteiger partial charge in [-0.15, -0.1) is 0 Å². The molecule has 0 aliphatic heterocycles. The van der Waals surface area contributed by atoms with Gasteiger partial charge < -0.3 is 11.1 Å². The smallest absolute Gasteiger partial charge is 0.251 e. The normalized spacial score (nSPS) is 23.6. The lowest BCUT2D eigenvalue weighted by atomic mass is 10.1. The van der Waals surface area contributed by atoms with E-state index in [1.54, 1.807) is 6.07 Å². The van der Waals surface area contributed by atoms with E-state index in [0.717, 1.165) is 12.8 Å². The predicted molar refractivity (Wildman–Crippen MR) is 67.9 cm³/mol. The summed E-state index contributed by atoms with van der Waals surface area (Å²) in [6, 6.07) is 3.34. The van der Waals surface area contributed by atoms with Gasteiger partial charge in [-0.1, -0.05) is 18.5 Å². The van der Waals surface area contributed by atoms with Crippen molar-refractivity contribution in [1.29, 1.82) is 0 Å². The zero-order chi connectivity index (χ0) is 12.4. The van der Waals surface area contributed by atoms with Crippen molar-refractivity contribution in [2.45, 2.75) is 32.2 Å². The summed E-state index contributed by atoms with van der Waals surface area (Å²) in [5, 5.41) is 3.24. The average Bonchev–Trinajstić information content (AvgIpc) is 2.62. The second-order valence-electron chi connectivity index (χ2n) is 4.69. The number of nitrogens with two attached hydrogens (primary N) is 1. The van der Waals surface area contributed by atoms with Crippen molar-refractivity contribution in [2.75, 3.05) is 5.73 Å². The maximum Gasteiger partial charge on any atom is 0.251 e. The summed E-state index contributed by atoms with van der Waals surface area (Å²) < 4.78 is 0. The largest absolute Gasteiger partial charge is 0.384 e. The summed E-state index contributed by atoms with van der Waals surface area (Å²) in [4.78, 5) is 15.8. The standard InChI is InChI=1S/C12H16ClN3O/c1-7-2-3-9(4-7)15-12(17)8-5-10(13)16-11(14)6-8/h5-7,9H,2-4H2,1H3,(H2,14,16)(H,15,17). The summed E-state index contributed by atoms with van der Waals surface area (Å²) in [6.45, 7) is 2.20. The molecule has 2 unspecified atom stereocenters. The first-order valence-corrected chi connectivity index (χ1v) is 6.16. The minimum absolute atomic E-state index is 0.125. The van der Waals surface area contributed by atoms with E-state index in [0.29, 0.717) is 11.5 Å². The van der Waals surface area contributed by atoms with Crippen molar-refractivity contribution in [3.8, 4) is 0 Å². The van der Waals surface area contributed by atoms with Gasteiger partial charge in [0.1, 0.15) is 11.0 Å². The Morgan fingerprint density at radius 1 is 1.53 bits per heavy atom. The summed E-state index contributed by atoms with van der Waals surface area (Å²) in [6.07, 6.45) is 3.26. The molecule has 1 aromatic rings. The quantitative estimate of drug-likeness (QED) is 0.795. The number of aromatic nitrogens is 1. The van der Waals surface area contributed by atoms with Crippen LogP contribution in [0.2, 0.25) is 5.15 Å². The number of nitrogen functional groups attached to an aromatic ring is 1. The van der Waals surface area contributed by atoms with Crippen LogP contribution in [0.5, 0.6) is 0 Å². The van der Waals surface area contributed by atoms with Crippen LogP contribution in [0.1, 0.15) is 36.5 Å². The molecule has 92 valence electrons. The first-order chi connectivity index (χ1) is 8.04. The Morgan fingerprint density at radius 3 is 2.88 bits per heavy atom. The van der Waals surface area contributed by atoms with Crippen molar-refractivity contribution in [1.82, 2.24) is 10.3 Å². The van der Waals surface area contributed by atoms with Gasteiger partial charge in [0, 0.05) is 11.6 Å². The second-order valence-corrected chi connectivity index (χ2v) is 5.08. The number of rotatable bonds is 2. The van der Waals surface area contributed by atoms with Crippen LogP contribution in [0.15, 0.2) is 12.1 Å². The lowest BCUT2D eigenvalue weighted by Gasteiger charge is -2.12. The van der Waals surface area contributed by atoms with Gasteiger partial charge >= 0.3 is 0 Å². The third-order valence-corrected chi connectivity index (χ3v) is 3.30. The fourth-order valence-electron chi connectivity index (χ4n) is 2.26.